The molecule has 0 bridgehead atoms. The number of hydrogen-bond acceptors (Lipinski definition) is 3. The number of aromatic carboxylic acids is 1. The minimum Gasteiger partial charge on any atom is -0.478 e. The fraction of sp³-hybridized carbons (Fsp3) is 0.533. The first-order valence-electron chi connectivity index (χ1n) is 6.94. The van der Waals surface area contributed by atoms with E-state index >= 15 is 0 Å². The maximum Gasteiger partial charge on any atom is 0.335 e. The lowest BCUT2D eigenvalue weighted by Gasteiger charge is -2.36. The standard InChI is InChI=1S/C15H22N2O2/c1-3-17(12-6-8-16-9-7-12)13-4-5-14(15(18)19)11(2)10-13/h4-5,10,12,16H,3,6-9H2,1-2H3,(H,18,19). The van der Waals surface area contributed by atoms with Crippen LogP contribution < -0.4 is 10.2 Å². The average molecular weight is 262 g/mol. The van der Waals surface area contributed by atoms with Gasteiger partial charge in [-0.3, -0.25) is 0 Å². The summed E-state index contributed by atoms with van der Waals surface area (Å²) in [5, 5.41) is 12.5. The van der Waals surface area contributed by atoms with Crippen molar-refractivity contribution in [2.45, 2.75) is 32.7 Å². The Morgan fingerprint density at radius 2 is 2.11 bits per heavy atom. The van der Waals surface area contributed by atoms with Crippen LogP contribution in [-0.4, -0.2) is 36.8 Å². The molecule has 19 heavy (non-hydrogen) atoms. The molecule has 0 aromatic heterocycles. The first-order chi connectivity index (χ1) is 9.13. The van der Waals surface area contributed by atoms with Gasteiger partial charge >= 0.3 is 5.97 Å². The zero-order valence-electron chi connectivity index (χ0n) is 11.6. The molecule has 1 aromatic rings. The zero-order chi connectivity index (χ0) is 13.8. The predicted molar refractivity (Wildman–Crippen MR) is 77.1 cm³/mol. The molecule has 0 radical (unpaired) electrons. The smallest absolute Gasteiger partial charge is 0.335 e. The van der Waals surface area contributed by atoms with Crippen molar-refractivity contribution in [3.63, 3.8) is 0 Å². The number of hydrogen-bond donors (Lipinski definition) is 2. The van der Waals surface area contributed by atoms with E-state index in [1.165, 1.54) is 0 Å². The molecule has 0 atom stereocenters. The summed E-state index contributed by atoms with van der Waals surface area (Å²) < 4.78 is 0. The number of carboxylic acid groups (broad SMARTS) is 1. The fourth-order valence-corrected chi connectivity index (χ4v) is 2.84. The van der Waals surface area contributed by atoms with Crippen molar-refractivity contribution in [2.24, 2.45) is 0 Å². The van der Waals surface area contributed by atoms with Gasteiger partial charge in [0.2, 0.25) is 0 Å². The average Bonchev–Trinajstić information content (AvgIpc) is 2.40. The van der Waals surface area contributed by atoms with E-state index in [1.54, 1.807) is 6.07 Å². The van der Waals surface area contributed by atoms with Crippen LogP contribution in [0.15, 0.2) is 18.2 Å². The molecule has 1 aliphatic heterocycles. The lowest BCUT2D eigenvalue weighted by Crippen LogP contribution is -2.43. The van der Waals surface area contributed by atoms with Crippen LogP contribution in [-0.2, 0) is 0 Å². The first kappa shape index (κ1) is 13.9. The summed E-state index contributed by atoms with van der Waals surface area (Å²) in [5.41, 5.74) is 2.36. The summed E-state index contributed by atoms with van der Waals surface area (Å²) in [6.07, 6.45) is 2.29. The van der Waals surface area contributed by atoms with Crippen LogP contribution in [0.1, 0.15) is 35.7 Å². The molecule has 1 heterocycles. The fourth-order valence-electron chi connectivity index (χ4n) is 2.84. The molecular formula is C15H22N2O2. The number of nitrogens with one attached hydrogen (secondary N) is 1. The second-order valence-corrected chi connectivity index (χ2v) is 5.07. The minimum absolute atomic E-state index is 0.394. The van der Waals surface area contributed by atoms with Crippen LogP contribution in [0, 0.1) is 6.92 Å². The van der Waals surface area contributed by atoms with Gasteiger partial charge in [0.1, 0.15) is 0 Å². The predicted octanol–water partition coefficient (Wildman–Crippen LogP) is 2.27. The normalized spacial score (nSPS) is 16.3. The summed E-state index contributed by atoms with van der Waals surface area (Å²) in [4.78, 5) is 13.4. The van der Waals surface area contributed by atoms with E-state index in [1.807, 2.05) is 19.1 Å². The van der Waals surface area contributed by atoms with E-state index < -0.39 is 5.97 Å². The molecule has 2 rings (SSSR count). The van der Waals surface area contributed by atoms with Gasteiger partial charge in [-0.15, -0.1) is 0 Å². The molecule has 0 aliphatic carbocycles. The lowest BCUT2D eigenvalue weighted by molar-refractivity contribution is 0.0696. The molecule has 0 unspecified atom stereocenters. The van der Waals surface area contributed by atoms with Crippen LogP contribution in [0.5, 0.6) is 0 Å². The second kappa shape index (κ2) is 6.06. The van der Waals surface area contributed by atoms with Crippen molar-refractivity contribution in [3.8, 4) is 0 Å². The van der Waals surface area contributed by atoms with E-state index in [-0.39, 0.29) is 0 Å². The molecule has 4 nitrogen and oxygen atoms in total. The largest absolute Gasteiger partial charge is 0.478 e. The highest BCUT2D eigenvalue weighted by molar-refractivity contribution is 5.89. The Morgan fingerprint density at radius 3 is 2.63 bits per heavy atom. The van der Waals surface area contributed by atoms with Crippen LogP contribution in [0.4, 0.5) is 5.69 Å². The quantitative estimate of drug-likeness (QED) is 0.874. The molecule has 0 amide bonds. The molecular weight excluding hydrogens is 240 g/mol. The summed E-state index contributed by atoms with van der Waals surface area (Å²) in [5.74, 6) is -0.853. The molecule has 1 aliphatic rings. The number of anilines is 1. The number of carbonyl (C=O) groups is 1. The van der Waals surface area contributed by atoms with Crippen molar-refractivity contribution in [1.82, 2.24) is 5.32 Å². The van der Waals surface area contributed by atoms with Gasteiger partial charge in [0, 0.05) is 18.3 Å². The third kappa shape index (κ3) is 3.07. The summed E-state index contributed by atoms with van der Waals surface area (Å²) in [6.45, 7) is 7.10. The van der Waals surface area contributed by atoms with Crippen molar-refractivity contribution in [1.29, 1.82) is 0 Å². The van der Waals surface area contributed by atoms with Gasteiger partial charge < -0.3 is 15.3 Å². The molecule has 1 saturated heterocycles. The number of aryl methyl sites for hydroxylation is 1. The summed E-state index contributed by atoms with van der Waals surface area (Å²) in [6, 6.07) is 6.20. The topological polar surface area (TPSA) is 52.6 Å². The highest BCUT2D eigenvalue weighted by atomic mass is 16.4. The van der Waals surface area contributed by atoms with Crippen LogP contribution in [0.3, 0.4) is 0 Å². The highest BCUT2D eigenvalue weighted by Gasteiger charge is 2.20. The Morgan fingerprint density at radius 1 is 1.42 bits per heavy atom. The van der Waals surface area contributed by atoms with Crippen LogP contribution in [0.25, 0.3) is 0 Å². The Hall–Kier alpha value is -1.55. The number of piperidine rings is 1. The van der Waals surface area contributed by atoms with E-state index in [9.17, 15) is 4.79 Å². The molecule has 104 valence electrons. The van der Waals surface area contributed by atoms with Crippen molar-refractivity contribution < 1.29 is 9.90 Å². The van der Waals surface area contributed by atoms with Gasteiger partial charge in [-0.2, -0.15) is 0 Å². The summed E-state index contributed by atoms with van der Waals surface area (Å²) >= 11 is 0. The third-order valence-corrected chi connectivity index (χ3v) is 3.86. The second-order valence-electron chi connectivity index (χ2n) is 5.07. The minimum atomic E-state index is -0.853. The van der Waals surface area contributed by atoms with E-state index in [4.69, 9.17) is 5.11 Å². The van der Waals surface area contributed by atoms with E-state index in [0.29, 0.717) is 11.6 Å². The van der Waals surface area contributed by atoms with E-state index in [2.05, 4.69) is 17.1 Å². The van der Waals surface area contributed by atoms with Crippen LogP contribution >= 0.6 is 0 Å². The molecule has 2 N–H and O–H groups in total. The van der Waals surface area contributed by atoms with Gasteiger partial charge in [0.15, 0.2) is 0 Å². The lowest BCUT2D eigenvalue weighted by atomic mass is 10.0. The highest BCUT2D eigenvalue weighted by Crippen LogP contribution is 2.24. The monoisotopic (exact) mass is 262 g/mol. The van der Waals surface area contributed by atoms with Gasteiger partial charge in [-0.1, -0.05) is 0 Å². The van der Waals surface area contributed by atoms with Crippen molar-refractivity contribution in [3.05, 3.63) is 29.3 Å². The van der Waals surface area contributed by atoms with Gasteiger partial charge in [-0.25, -0.2) is 4.79 Å². The van der Waals surface area contributed by atoms with Gasteiger partial charge in [0.25, 0.3) is 0 Å². The number of nitrogens with zero attached hydrogens (tertiary/aromatic N) is 1. The Labute approximate surface area is 114 Å². The first-order valence-corrected chi connectivity index (χ1v) is 6.94. The number of benzene rings is 1. The molecule has 1 fully saturated rings. The van der Waals surface area contributed by atoms with Crippen molar-refractivity contribution in [2.75, 3.05) is 24.5 Å². The third-order valence-electron chi connectivity index (χ3n) is 3.86. The summed E-state index contributed by atoms with van der Waals surface area (Å²) in [7, 11) is 0. The zero-order valence-corrected chi connectivity index (χ0v) is 11.6. The maximum absolute atomic E-state index is 11.1. The molecule has 0 spiro atoms. The molecule has 4 heteroatoms. The maximum atomic E-state index is 11.1. The van der Waals surface area contributed by atoms with Crippen molar-refractivity contribution >= 4 is 11.7 Å². The van der Waals surface area contributed by atoms with Gasteiger partial charge in [0.05, 0.1) is 5.56 Å². The molecule has 0 saturated carbocycles. The number of rotatable bonds is 4. The Bertz CT molecular complexity index is 453. The van der Waals surface area contributed by atoms with E-state index in [0.717, 1.165) is 43.7 Å². The Balaban J connectivity index is 2.23. The van der Waals surface area contributed by atoms with Crippen LogP contribution in [0.2, 0.25) is 0 Å². The van der Waals surface area contributed by atoms with Gasteiger partial charge in [-0.05, 0) is 63.5 Å². The number of carboxylic acids is 1. The molecule has 1 aromatic carbocycles. The SMILES string of the molecule is CCN(c1ccc(C(=O)O)c(C)c1)C1CCNCC1. The Kier molecular flexibility index (Phi) is 4.43.